The third-order valence-corrected chi connectivity index (χ3v) is 9.58. The molecule has 0 radical (unpaired) electrons. The molecule has 0 saturated carbocycles. The molecule has 6 rings (SSSR count). The van der Waals surface area contributed by atoms with Gasteiger partial charge in [0.15, 0.2) is 0 Å². The van der Waals surface area contributed by atoms with Crippen molar-refractivity contribution in [2.75, 3.05) is 62.8 Å². The summed E-state index contributed by atoms with van der Waals surface area (Å²) in [6.45, 7) is 11.1. The zero-order valence-electron chi connectivity index (χ0n) is 26.2. The van der Waals surface area contributed by atoms with Gasteiger partial charge < -0.3 is 19.3 Å². The molecule has 3 heterocycles. The minimum Gasteiger partial charge on any atom is -0.476 e. The first kappa shape index (κ1) is 30.5. The number of aromatic nitrogens is 1. The summed E-state index contributed by atoms with van der Waals surface area (Å²) in [6.07, 6.45) is 7.19. The van der Waals surface area contributed by atoms with Gasteiger partial charge in [0.05, 0.1) is 25.0 Å². The van der Waals surface area contributed by atoms with Gasteiger partial charge in [0, 0.05) is 56.2 Å². The molecule has 44 heavy (non-hydrogen) atoms. The number of methoxy groups -OCH3 is 1. The first-order chi connectivity index (χ1) is 21.3. The number of piperazine rings is 1. The topological polar surface area (TPSA) is 58.1 Å². The fourth-order valence-corrected chi connectivity index (χ4v) is 6.90. The molecule has 0 atom stereocenters. The van der Waals surface area contributed by atoms with Crippen molar-refractivity contribution in [2.45, 2.75) is 46.0 Å². The summed E-state index contributed by atoms with van der Waals surface area (Å²) in [7, 11) is 1.43. The molecule has 3 aromatic rings. The number of fused-ring (bicyclic) bond motifs is 1. The van der Waals surface area contributed by atoms with Crippen molar-refractivity contribution in [3.8, 4) is 5.88 Å². The van der Waals surface area contributed by atoms with Crippen LogP contribution in [0.15, 0.2) is 66.4 Å². The van der Waals surface area contributed by atoms with E-state index in [0.717, 1.165) is 80.6 Å². The Hall–Kier alpha value is -3.55. The van der Waals surface area contributed by atoms with Crippen molar-refractivity contribution in [1.82, 2.24) is 9.88 Å². The Kier molecular flexibility index (Phi) is 9.15. The Morgan fingerprint density at radius 3 is 2.59 bits per heavy atom. The van der Waals surface area contributed by atoms with Crippen molar-refractivity contribution in [3.63, 3.8) is 0 Å². The number of carbonyl (C=O) groups is 1. The second kappa shape index (κ2) is 13.2. The average molecular weight is 615 g/mol. The molecule has 1 saturated heterocycles. The van der Waals surface area contributed by atoms with Crippen LogP contribution in [-0.2, 0) is 4.74 Å². The predicted molar refractivity (Wildman–Crippen MR) is 178 cm³/mol. The summed E-state index contributed by atoms with van der Waals surface area (Å²) >= 11 is 6.21. The highest BCUT2D eigenvalue weighted by Gasteiger charge is 2.29. The van der Waals surface area contributed by atoms with E-state index in [0.29, 0.717) is 23.5 Å². The highest BCUT2D eigenvalue weighted by Crippen LogP contribution is 2.44. The van der Waals surface area contributed by atoms with Crippen LogP contribution in [0.2, 0.25) is 5.02 Å². The SMILES string of the molecule is COC(=O)c1ccc(N2CCN(CCC3=C(c4ccc(Cl)cc4)CC(C)(C)CC3)CC2)cc1N1CCCOc2ncccc21. The van der Waals surface area contributed by atoms with E-state index >= 15 is 0 Å². The number of nitrogens with zero attached hydrogens (tertiary/aromatic N) is 4. The third-order valence-electron chi connectivity index (χ3n) is 9.33. The Morgan fingerprint density at radius 2 is 1.82 bits per heavy atom. The number of hydrogen-bond acceptors (Lipinski definition) is 7. The van der Waals surface area contributed by atoms with Crippen molar-refractivity contribution < 1.29 is 14.3 Å². The van der Waals surface area contributed by atoms with E-state index in [9.17, 15) is 4.79 Å². The first-order valence-corrected chi connectivity index (χ1v) is 16.2. The van der Waals surface area contributed by atoms with E-state index in [1.807, 2.05) is 30.3 Å². The molecule has 7 nitrogen and oxygen atoms in total. The van der Waals surface area contributed by atoms with E-state index in [1.165, 1.54) is 31.1 Å². The zero-order chi connectivity index (χ0) is 30.7. The molecule has 1 aliphatic carbocycles. The predicted octanol–water partition coefficient (Wildman–Crippen LogP) is 7.62. The second-order valence-electron chi connectivity index (χ2n) is 12.9. The monoisotopic (exact) mass is 614 g/mol. The number of ether oxygens (including phenoxy) is 2. The molecular weight excluding hydrogens is 572 g/mol. The summed E-state index contributed by atoms with van der Waals surface area (Å²) in [4.78, 5) is 24.5. The zero-order valence-corrected chi connectivity index (χ0v) is 26.9. The lowest BCUT2D eigenvalue weighted by molar-refractivity contribution is 0.0601. The lowest BCUT2D eigenvalue weighted by Gasteiger charge is -2.38. The minimum atomic E-state index is -0.342. The minimum absolute atomic E-state index is 0.325. The standard InChI is InChI=1S/C36H43ClN4O3/c1-36(2)15-13-27(31(25-36)26-7-9-28(37)10-8-26)14-18-39-19-21-40(22-20-39)29-11-12-30(35(42)43-3)33(24-29)41-17-5-23-44-34-32(41)6-4-16-38-34/h4,6-12,16,24H,5,13-15,17-23,25H2,1-3H3. The van der Waals surface area contributed by atoms with Crippen LogP contribution in [0.5, 0.6) is 5.88 Å². The highest BCUT2D eigenvalue weighted by molar-refractivity contribution is 6.30. The fraction of sp³-hybridized carbons (Fsp3) is 0.444. The Bertz CT molecular complexity index is 1510. The number of esters is 1. The molecule has 8 heteroatoms. The van der Waals surface area contributed by atoms with Crippen LogP contribution in [-0.4, -0.2) is 68.8 Å². The van der Waals surface area contributed by atoms with Crippen LogP contribution >= 0.6 is 11.6 Å². The van der Waals surface area contributed by atoms with Crippen molar-refractivity contribution in [3.05, 3.63) is 82.5 Å². The van der Waals surface area contributed by atoms with Gasteiger partial charge in [-0.2, -0.15) is 0 Å². The molecule has 3 aliphatic rings. The molecule has 0 bridgehead atoms. The number of hydrogen-bond donors (Lipinski definition) is 0. The molecule has 0 spiro atoms. The lowest BCUT2D eigenvalue weighted by Crippen LogP contribution is -2.46. The number of halogens is 1. The Labute approximate surface area is 266 Å². The van der Waals surface area contributed by atoms with E-state index in [-0.39, 0.29) is 5.97 Å². The third kappa shape index (κ3) is 6.74. The maximum absolute atomic E-state index is 12.8. The first-order valence-electron chi connectivity index (χ1n) is 15.8. The van der Waals surface area contributed by atoms with Gasteiger partial charge in [-0.1, -0.05) is 43.2 Å². The van der Waals surface area contributed by atoms with E-state index < -0.39 is 0 Å². The van der Waals surface area contributed by atoms with Gasteiger partial charge in [-0.25, -0.2) is 9.78 Å². The summed E-state index contributed by atoms with van der Waals surface area (Å²) in [5.41, 5.74) is 8.14. The molecule has 0 amide bonds. The molecule has 2 aromatic carbocycles. The molecule has 0 N–H and O–H groups in total. The molecule has 0 unspecified atom stereocenters. The number of rotatable bonds is 7. The number of benzene rings is 2. The van der Waals surface area contributed by atoms with E-state index in [2.05, 4.69) is 57.8 Å². The van der Waals surface area contributed by atoms with E-state index in [1.54, 1.807) is 11.8 Å². The van der Waals surface area contributed by atoms with Crippen molar-refractivity contribution in [2.24, 2.45) is 5.41 Å². The summed E-state index contributed by atoms with van der Waals surface area (Å²) in [6, 6.07) is 18.4. The van der Waals surface area contributed by atoms with Gasteiger partial charge in [0.1, 0.15) is 5.69 Å². The van der Waals surface area contributed by atoms with Crippen molar-refractivity contribution >= 4 is 40.2 Å². The Balaban J connectivity index is 1.16. The molecule has 232 valence electrons. The maximum atomic E-state index is 12.8. The van der Waals surface area contributed by atoms with Crippen molar-refractivity contribution in [1.29, 1.82) is 0 Å². The maximum Gasteiger partial charge on any atom is 0.339 e. The molecule has 2 aliphatic heterocycles. The second-order valence-corrected chi connectivity index (χ2v) is 13.3. The van der Waals surface area contributed by atoms with Gasteiger partial charge in [0.25, 0.3) is 0 Å². The van der Waals surface area contributed by atoms with Crippen LogP contribution < -0.4 is 14.5 Å². The van der Waals surface area contributed by atoms with Crippen LogP contribution in [0.25, 0.3) is 5.57 Å². The highest BCUT2D eigenvalue weighted by atomic mass is 35.5. The van der Waals surface area contributed by atoms with Crippen LogP contribution in [0.4, 0.5) is 17.1 Å². The van der Waals surface area contributed by atoms with Gasteiger partial charge in [-0.15, -0.1) is 0 Å². The normalized spacial score (nSPS) is 18.8. The van der Waals surface area contributed by atoms with Gasteiger partial charge in [-0.05, 0) is 91.1 Å². The number of pyridine rings is 1. The average Bonchev–Trinajstić information content (AvgIpc) is 3.26. The van der Waals surface area contributed by atoms with Gasteiger partial charge in [0.2, 0.25) is 5.88 Å². The van der Waals surface area contributed by atoms with Gasteiger partial charge in [-0.3, -0.25) is 4.90 Å². The summed E-state index contributed by atoms with van der Waals surface area (Å²) < 4.78 is 11.1. The summed E-state index contributed by atoms with van der Waals surface area (Å²) in [5.74, 6) is 0.251. The van der Waals surface area contributed by atoms with Gasteiger partial charge >= 0.3 is 5.97 Å². The van der Waals surface area contributed by atoms with E-state index in [4.69, 9.17) is 21.1 Å². The van der Waals surface area contributed by atoms with Crippen LogP contribution in [0.3, 0.4) is 0 Å². The van der Waals surface area contributed by atoms with Crippen LogP contribution in [0.1, 0.15) is 61.9 Å². The quantitative estimate of drug-likeness (QED) is 0.254. The smallest absolute Gasteiger partial charge is 0.339 e. The largest absolute Gasteiger partial charge is 0.476 e. The lowest BCUT2D eigenvalue weighted by atomic mass is 9.72. The van der Waals surface area contributed by atoms with Crippen LogP contribution in [0, 0.1) is 5.41 Å². The molecular formula is C36H43ClN4O3. The Morgan fingerprint density at radius 1 is 1.02 bits per heavy atom. The number of carbonyl (C=O) groups excluding carboxylic acids is 1. The number of anilines is 3. The molecule has 1 fully saturated rings. The number of allylic oxidation sites excluding steroid dienone is 1. The molecule has 1 aromatic heterocycles. The fourth-order valence-electron chi connectivity index (χ4n) is 6.77. The summed E-state index contributed by atoms with van der Waals surface area (Å²) in [5, 5.41) is 0.790.